The van der Waals surface area contributed by atoms with Gasteiger partial charge >= 0.3 is 0 Å². The summed E-state index contributed by atoms with van der Waals surface area (Å²) in [4.78, 5) is 19.4. The molecular formula is C25H27N5O5S. The van der Waals surface area contributed by atoms with Crippen molar-refractivity contribution in [3.63, 3.8) is 0 Å². The number of likely N-dealkylation sites (tertiary alicyclic amines) is 1. The molecule has 11 heteroatoms. The number of aromatic nitrogens is 1. The number of nitrogens with one attached hydrogen (secondary N) is 1. The third-order valence-corrected chi connectivity index (χ3v) is 7.17. The number of nitrogens with zero attached hydrogens (tertiary/aromatic N) is 3. The number of amidine groups is 1. The Morgan fingerprint density at radius 2 is 2.03 bits per heavy atom. The van der Waals surface area contributed by atoms with E-state index in [9.17, 15) is 19.0 Å². The van der Waals surface area contributed by atoms with Crippen molar-refractivity contribution in [2.75, 3.05) is 24.4 Å². The topological polar surface area (TPSA) is 154 Å². The van der Waals surface area contributed by atoms with E-state index in [0.29, 0.717) is 53.5 Å². The zero-order chi connectivity index (χ0) is 25.3. The van der Waals surface area contributed by atoms with E-state index < -0.39 is 11.0 Å². The van der Waals surface area contributed by atoms with E-state index in [1.165, 1.54) is 0 Å². The fourth-order valence-corrected chi connectivity index (χ4v) is 5.41. The van der Waals surface area contributed by atoms with Crippen LogP contribution in [0.15, 0.2) is 65.2 Å². The number of nitrogens with two attached hydrogens (primary N) is 1. The molecule has 1 saturated heterocycles. The van der Waals surface area contributed by atoms with Crippen molar-refractivity contribution in [3.8, 4) is 22.8 Å². The van der Waals surface area contributed by atoms with Crippen LogP contribution in [0.4, 0.5) is 5.69 Å². The molecule has 3 heterocycles. The molecule has 6 N–H and O–H groups in total. The van der Waals surface area contributed by atoms with Gasteiger partial charge in [-0.05, 0) is 60.2 Å². The van der Waals surface area contributed by atoms with Crippen LogP contribution >= 0.6 is 11.0 Å². The Balaban J connectivity index is 1.27. The molecule has 0 unspecified atom stereocenters. The summed E-state index contributed by atoms with van der Waals surface area (Å²) in [6.45, 7) is 1.54. The van der Waals surface area contributed by atoms with Crippen molar-refractivity contribution in [2.24, 2.45) is 16.0 Å². The second-order valence-corrected chi connectivity index (χ2v) is 10.2. The summed E-state index contributed by atoms with van der Waals surface area (Å²) in [5.41, 5.74) is 8.53. The Hall–Kier alpha value is -3.80. The Labute approximate surface area is 210 Å². The number of phenolic OH excluding ortho intramolecular Hbond substituents is 1. The van der Waals surface area contributed by atoms with E-state index in [1.54, 1.807) is 54.7 Å². The fraction of sp³-hybridized carbons (Fsp3) is 0.240. The molecule has 0 aliphatic carbocycles. The number of para-hydroxylation sites is 1. The number of carbonyl (C=O) groups is 1. The number of anilines is 1. The van der Waals surface area contributed by atoms with Gasteiger partial charge in [-0.15, -0.1) is 4.40 Å². The molecule has 2 aliphatic rings. The van der Waals surface area contributed by atoms with E-state index >= 15 is 0 Å². The first-order valence-corrected chi connectivity index (χ1v) is 13.0. The molecule has 1 aromatic heterocycles. The number of fused-ring (bicyclic) bond motifs is 1. The molecule has 0 saturated carbocycles. The van der Waals surface area contributed by atoms with Gasteiger partial charge in [0.1, 0.15) is 11.5 Å². The maximum absolute atomic E-state index is 13.3. The molecule has 1 atom stereocenters. The van der Waals surface area contributed by atoms with E-state index in [1.807, 2.05) is 11.0 Å². The zero-order valence-electron chi connectivity index (χ0n) is 19.4. The Morgan fingerprint density at radius 1 is 1.19 bits per heavy atom. The minimum Gasteiger partial charge on any atom is -0.507 e. The molecule has 0 radical (unpaired) electrons. The van der Waals surface area contributed by atoms with Gasteiger partial charge in [0.15, 0.2) is 5.84 Å². The highest BCUT2D eigenvalue weighted by atomic mass is 32.3. The van der Waals surface area contributed by atoms with Crippen molar-refractivity contribution < 1.29 is 23.7 Å². The Kier molecular flexibility index (Phi) is 6.44. The number of benzene rings is 2. The zero-order valence-corrected chi connectivity index (χ0v) is 20.2. The number of pyridine rings is 1. The highest BCUT2D eigenvalue weighted by molar-refractivity contribution is 8.24. The number of aromatic hydroxyl groups is 1. The lowest BCUT2D eigenvalue weighted by atomic mass is 9.98. The van der Waals surface area contributed by atoms with Crippen LogP contribution in [0, 0.1) is 5.92 Å². The second-order valence-electron chi connectivity index (χ2n) is 8.79. The number of amides is 1. The average molecular weight is 510 g/mol. The standard InChI is InChI=1S/C25H27N5O5S/c26-24-23-19(28-36(33,34)29-24)7-3-9-22(23)35-15-16-5-4-12-30(14-16)25(32)17-10-11-27-20(13-17)18-6-1-2-8-21(18)31/h1-3,6-11,13,16,28,31,33-34H,4-5,12,14-15H2,(H2,26,29)/t16-/m0/s1. The van der Waals surface area contributed by atoms with Gasteiger partial charge in [0, 0.05) is 36.3 Å². The summed E-state index contributed by atoms with van der Waals surface area (Å²) in [6.07, 6.45) is 3.32. The molecule has 2 aromatic carbocycles. The quantitative estimate of drug-likeness (QED) is 0.345. The Morgan fingerprint density at radius 3 is 2.86 bits per heavy atom. The first-order chi connectivity index (χ1) is 17.3. The van der Waals surface area contributed by atoms with Crippen LogP contribution in [-0.2, 0) is 0 Å². The highest BCUT2D eigenvalue weighted by Crippen LogP contribution is 2.46. The van der Waals surface area contributed by atoms with Gasteiger partial charge in [-0.3, -0.25) is 23.6 Å². The highest BCUT2D eigenvalue weighted by Gasteiger charge is 2.28. The summed E-state index contributed by atoms with van der Waals surface area (Å²) in [5.74, 6) is 0.604. The monoisotopic (exact) mass is 509 g/mol. The summed E-state index contributed by atoms with van der Waals surface area (Å²) in [5, 5.41) is 10.2. The number of phenols is 1. The molecule has 188 valence electrons. The predicted molar refractivity (Wildman–Crippen MR) is 139 cm³/mol. The molecule has 0 bridgehead atoms. The minimum atomic E-state index is -3.37. The van der Waals surface area contributed by atoms with E-state index in [4.69, 9.17) is 10.5 Å². The number of piperidine rings is 1. The van der Waals surface area contributed by atoms with Crippen LogP contribution in [0.3, 0.4) is 0 Å². The minimum absolute atomic E-state index is 0.00209. The van der Waals surface area contributed by atoms with Gasteiger partial charge in [0.25, 0.3) is 5.91 Å². The predicted octanol–water partition coefficient (Wildman–Crippen LogP) is 4.10. The maximum atomic E-state index is 13.3. The summed E-state index contributed by atoms with van der Waals surface area (Å²) < 4.78 is 32.1. The summed E-state index contributed by atoms with van der Waals surface area (Å²) in [7, 11) is -3.37. The van der Waals surface area contributed by atoms with Crippen LogP contribution in [0.5, 0.6) is 11.5 Å². The molecule has 2 aliphatic heterocycles. The van der Waals surface area contributed by atoms with E-state index in [2.05, 4.69) is 14.1 Å². The van der Waals surface area contributed by atoms with Crippen LogP contribution < -0.4 is 15.2 Å². The van der Waals surface area contributed by atoms with Crippen LogP contribution in [-0.4, -0.2) is 55.5 Å². The van der Waals surface area contributed by atoms with Crippen molar-refractivity contribution in [3.05, 3.63) is 71.9 Å². The van der Waals surface area contributed by atoms with Gasteiger partial charge in [-0.2, -0.15) is 0 Å². The number of carbonyl (C=O) groups excluding carboxylic acids is 1. The van der Waals surface area contributed by atoms with Crippen molar-refractivity contribution in [1.82, 2.24) is 9.88 Å². The van der Waals surface area contributed by atoms with E-state index in [0.717, 1.165) is 12.8 Å². The number of ether oxygens (including phenoxy) is 1. The van der Waals surface area contributed by atoms with Gasteiger partial charge in [-0.25, -0.2) is 0 Å². The van der Waals surface area contributed by atoms with Crippen molar-refractivity contribution in [1.29, 1.82) is 0 Å². The fourth-order valence-electron chi connectivity index (χ4n) is 4.53. The SMILES string of the molecule is NC1=NS(O)(O)Nc2cccc(OC[C@H]3CCCN(C(=O)c4ccnc(-c5ccccc5O)c4)C3)c21. The lowest BCUT2D eigenvalue weighted by Crippen LogP contribution is -2.41. The largest absolute Gasteiger partial charge is 0.507 e. The molecule has 0 spiro atoms. The van der Waals surface area contributed by atoms with Crippen LogP contribution in [0.2, 0.25) is 0 Å². The summed E-state index contributed by atoms with van der Waals surface area (Å²) >= 11 is 0. The molecular weight excluding hydrogens is 482 g/mol. The molecule has 3 aromatic rings. The molecule has 36 heavy (non-hydrogen) atoms. The normalized spacial score (nSPS) is 19.4. The number of hydrogen-bond donors (Lipinski definition) is 5. The average Bonchev–Trinajstić information content (AvgIpc) is 2.86. The van der Waals surface area contributed by atoms with Gasteiger partial charge < -0.3 is 20.5 Å². The molecule has 1 amide bonds. The van der Waals surface area contributed by atoms with Gasteiger partial charge in [0.2, 0.25) is 0 Å². The van der Waals surface area contributed by atoms with E-state index in [-0.39, 0.29) is 23.4 Å². The number of rotatable bonds is 5. The molecule has 10 nitrogen and oxygen atoms in total. The van der Waals surface area contributed by atoms with Crippen molar-refractivity contribution in [2.45, 2.75) is 12.8 Å². The number of hydrogen-bond acceptors (Lipinski definition) is 9. The lowest BCUT2D eigenvalue weighted by Gasteiger charge is -2.34. The summed E-state index contributed by atoms with van der Waals surface area (Å²) in [6, 6.07) is 15.4. The third kappa shape index (κ3) is 4.94. The first kappa shape index (κ1) is 23.9. The lowest BCUT2D eigenvalue weighted by molar-refractivity contribution is 0.0633. The Bertz CT molecular complexity index is 1330. The van der Waals surface area contributed by atoms with Crippen molar-refractivity contribution >= 4 is 28.4 Å². The van der Waals surface area contributed by atoms with Gasteiger partial charge in [0.05, 0.1) is 23.6 Å². The maximum Gasteiger partial charge on any atom is 0.253 e. The smallest absolute Gasteiger partial charge is 0.253 e. The third-order valence-electron chi connectivity index (χ3n) is 6.22. The second kappa shape index (κ2) is 9.69. The molecule has 1 fully saturated rings. The van der Waals surface area contributed by atoms with Crippen LogP contribution in [0.25, 0.3) is 11.3 Å². The molecule has 5 rings (SSSR count). The first-order valence-electron chi connectivity index (χ1n) is 11.5. The van der Waals surface area contributed by atoms with Crippen LogP contribution in [0.1, 0.15) is 28.8 Å². The van der Waals surface area contributed by atoms with Gasteiger partial charge in [-0.1, -0.05) is 18.2 Å².